The first-order valence-electron chi connectivity index (χ1n) is 4.91. The average Bonchev–Trinajstić information content (AvgIpc) is 2.04. The van der Waals surface area contributed by atoms with Gasteiger partial charge in [0.2, 0.25) is 0 Å². The van der Waals surface area contributed by atoms with Crippen molar-refractivity contribution in [3.8, 4) is 0 Å². The molecule has 0 radical (unpaired) electrons. The Morgan fingerprint density at radius 3 is 2.54 bits per heavy atom. The Labute approximate surface area is 81.7 Å². The van der Waals surface area contributed by atoms with Crippen LogP contribution < -0.4 is 0 Å². The molecular formula is C10H23NO2. The molecule has 0 aliphatic rings. The van der Waals surface area contributed by atoms with Crippen LogP contribution in [0.15, 0.2) is 0 Å². The molecule has 0 saturated carbocycles. The lowest BCUT2D eigenvalue weighted by Gasteiger charge is -2.27. The van der Waals surface area contributed by atoms with Gasteiger partial charge in [0, 0.05) is 26.8 Å². The Bertz CT molecular complexity index is 126. The maximum atomic E-state index is 9.78. The van der Waals surface area contributed by atoms with E-state index in [1.54, 1.807) is 7.11 Å². The van der Waals surface area contributed by atoms with E-state index in [-0.39, 0.29) is 0 Å². The standard InChI is InChI=1S/C10H23NO2/c1-5-10(2,12)9-11(3)7-6-8-13-4/h12H,5-9H2,1-4H3. The van der Waals surface area contributed by atoms with E-state index in [4.69, 9.17) is 4.74 Å². The van der Waals surface area contributed by atoms with Crippen LogP contribution in [0.25, 0.3) is 0 Å². The minimum atomic E-state index is -0.554. The zero-order chi connectivity index (χ0) is 10.3. The molecule has 0 amide bonds. The van der Waals surface area contributed by atoms with E-state index >= 15 is 0 Å². The second-order valence-corrected chi connectivity index (χ2v) is 3.93. The molecule has 1 N–H and O–H groups in total. The van der Waals surface area contributed by atoms with Crippen LogP contribution in [0.4, 0.5) is 0 Å². The van der Waals surface area contributed by atoms with Gasteiger partial charge in [0.05, 0.1) is 5.60 Å². The van der Waals surface area contributed by atoms with Crippen LogP contribution in [0.5, 0.6) is 0 Å². The summed E-state index contributed by atoms with van der Waals surface area (Å²) in [4.78, 5) is 2.14. The molecule has 0 bridgehead atoms. The van der Waals surface area contributed by atoms with E-state index in [2.05, 4.69) is 4.90 Å². The van der Waals surface area contributed by atoms with Crippen molar-refractivity contribution in [2.24, 2.45) is 0 Å². The Morgan fingerprint density at radius 1 is 1.46 bits per heavy atom. The number of methoxy groups -OCH3 is 1. The predicted octanol–water partition coefficient (Wildman–Crippen LogP) is 1.12. The van der Waals surface area contributed by atoms with Gasteiger partial charge >= 0.3 is 0 Å². The fraction of sp³-hybridized carbons (Fsp3) is 1.00. The van der Waals surface area contributed by atoms with Crippen LogP contribution >= 0.6 is 0 Å². The Morgan fingerprint density at radius 2 is 2.08 bits per heavy atom. The van der Waals surface area contributed by atoms with Gasteiger partial charge in [-0.05, 0) is 26.8 Å². The Balaban J connectivity index is 3.55. The zero-order valence-corrected chi connectivity index (χ0v) is 9.34. The van der Waals surface area contributed by atoms with Crippen LogP contribution in [-0.2, 0) is 4.74 Å². The van der Waals surface area contributed by atoms with Crippen molar-refractivity contribution < 1.29 is 9.84 Å². The fourth-order valence-electron chi connectivity index (χ4n) is 1.25. The second kappa shape index (κ2) is 6.35. The molecule has 3 nitrogen and oxygen atoms in total. The number of nitrogens with zero attached hydrogens (tertiary/aromatic N) is 1. The van der Waals surface area contributed by atoms with Crippen molar-refractivity contribution in [1.29, 1.82) is 0 Å². The Kier molecular flexibility index (Phi) is 6.29. The molecule has 0 rings (SSSR count). The lowest BCUT2D eigenvalue weighted by Crippen LogP contribution is -2.38. The highest BCUT2D eigenvalue weighted by Gasteiger charge is 2.19. The molecule has 1 unspecified atom stereocenters. The normalized spacial score (nSPS) is 16.2. The summed E-state index contributed by atoms with van der Waals surface area (Å²) < 4.78 is 4.96. The molecule has 0 fully saturated rings. The van der Waals surface area contributed by atoms with Crippen molar-refractivity contribution in [3.63, 3.8) is 0 Å². The molecule has 1 atom stereocenters. The maximum Gasteiger partial charge on any atom is 0.0743 e. The van der Waals surface area contributed by atoms with Gasteiger partial charge in [0.25, 0.3) is 0 Å². The summed E-state index contributed by atoms with van der Waals surface area (Å²) in [5.74, 6) is 0. The molecule has 13 heavy (non-hydrogen) atoms. The van der Waals surface area contributed by atoms with Crippen LogP contribution in [-0.4, -0.2) is 49.5 Å². The smallest absolute Gasteiger partial charge is 0.0743 e. The third kappa shape index (κ3) is 6.99. The van der Waals surface area contributed by atoms with E-state index < -0.39 is 5.60 Å². The monoisotopic (exact) mass is 189 g/mol. The number of hydrogen-bond acceptors (Lipinski definition) is 3. The van der Waals surface area contributed by atoms with Crippen molar-refractivity contribution in [2.75, 3.05) is 33.9 Å². The molecule has 0 aliphatic heterocycles. The fourth-order valence-corrected chi connectivity index (χ4v) is 1.25. The van der Waals surface area contributed by atoms with Crippen molar-refractivity contribution in [3.05, 3.63) is 0 Å². The van der Waals surface area contributed by atoms with E-state index in [1.807, 2.05) is 20.9 Å². The minimum Gasteiger partial charge on any atom is -0.389 e. The number of likely N-dealkylation sites (N-methyl/N-ethyl adjacent to an activating group) is 1. The molecule has 0 spiro atoms. The third-order valence-corrected chi connectivity index (χ3v) is 2.26. The summed E-state index contributed by atoms with van der Waals surface area (Å²) >= 11 is 0. The van der Waals surface area contributed by atoms with Crippen LogP contribution in [0.1, 0.15) is 26.7 Å². The van der Waals surface area contributed by atoms with Crippen LogP contribution in [0.3, 0.4) is 0 Å². The quantitative estimate of drug-likeness (QED) is 0.609. The lowest BCUT2D eigenvalue weighted by atomic mass is 10.0. The zero-order valence-electron chi connectivity index (χ0n) is 9.34. The van der Waals surface area contributed by atoms with Gasteiger partial charge < -0.3 is 14.7 Å². The van der Waals surface area contributed by atoms with Gasteiger partial charge in [-0.25, -0.2) is 0 Å². The van der Waals surface area contributed by atoms with Gasteiger partial charge in [0.15, 0.2) is 0 Å². The van der Waals surface area contributed by atoms with E-state index in [9.17, 15) is 5.11 Å². The number of aliphatic hydroxyl groups is 1. The summed E-state index contributed by atoms with van der Waals surface area (Å²) in [5.41, 5.74) is -0.554. The highest BCUT2D eigenvalue weighted by Crippen LogP contribution is 2.09. The molecule has 0 aliphatic carbocycles. The minimum absolute atomic E-state index is 0.554. The number of ether oxygens (including phenoxy) is 1. The average molecular weight is 189 g/mol. The van der Waals surface area contributed by atoms with Gasteiger partial charge in [-0.1, -0.05) is 6.92 Å². The number of hydrogen-bond donors (Lipinski definition) is 1. The van der Waals surface area contributed by atoms with Crippen LogP contribution in [0.2, 0.25) is 0 Å². The van der Waals surface area contributed by atoms with Crippen molar-refractivity contribution in [1.82, 2.24) is 4.90 Å². The summed E-state index contributed by atoms with van der Waals surface area (Å²) in [6, 6.07) is 0. The third-order valence-electron chi connectivity index (χ3n) is 2.26. The highest BCUT2D eigenvalue weighted by atomic mass is 16.5. The lowest BCUT2D eigenvalue weighted by molar-refractivity contribution is 0.0219. The summed E-state index contributed by atoms with van der Waals surface area (Å²) in [7, 11) is 3.74. The molecule has 3 heteroatoms. The highest BCUT2D eigenvalue weighted by molar-refractivity contribution is 4.73. The van der Waals surface area contributed by atoms with Gasteiger partial charge in [-0.15, -0.1) is 0 Å². The summed E-state index contributed by atoms with van der Waals surface area (Å²) in [6.45, 7) is 6.37. The molecule has 0 heterocycles. The molecule has 0 aromatic carbocycles. The van der Waals surface area contributed by atoms with Crippen molar-refractivity contribution in [2.45, 2.75) is 32.3 Å². The van der Waals surface area contributed by atoms with Crippen LogP contribution in [0, 0.1) is 0 Å². The Hall–Kier alpha value is -0.120. The molecule has 80 valence electrons. The van der Waals surface area contributed by atoms with E-state index in [0.29, 0.717) is 0 Å². The van der Waals surface area contributed by atoms with Crippen molar-refractivity contribution >= 4 is 0 Å². The summed E-state index contributed by atoms with van der Waals surface area (Å²) in [5, 5.41) is 9.78. The van der Waals surface area contributed by atoms with Gasteiger partial charge in [0.1, 0.15) is 0 Å². The molecular weight excluding hydrogens is 166 g/mol. The first-order chi connectivity index (χ1) is 6.02. The second-order valence-electron chi connectivity index (χ2n) is 3.93. The maximum absolute atomic E-state index is 9.78. The molecule has 0 saturated heterocycles. The number of rotatable bonds is 7. The van der Waals surface area contributed by atoms with E-state index in [0.717, 1.165) is 32.5 Å². The summed E-state index contributed by atoms with van der Waals surface area (Å²) in [6.07, 6.45) is 1.81. The SMILES string of the molecule is CCC(C)(O)CN(C)CCCOC. The first-order valence-corrected chi connectivity index (χ1v) is 4.91. The van der Waals surface area contributed by atoms with E-state index in [1.165, 1.54) is 0 Å². The predicted molar refractivity (Wildman–Crippen MR) is 54.9 cm³/mol. The van der Waals surface area contributed by atoms with Gasteiger partial charge in [-0.2, -0.15) is 0 Å². The molecule has 0 aromatic rings. The molecule has 0 aromatic heterocycles. The largest absolute Gasteiger partial charge is 0.389 e. The van der Waals surface area contributed by atoms with Gasteiger partial charge in [-0.3, -0.25) is 0 Å². The first kappa shape index (κ1) is 12.9. The topological polar surface area (TPSA) is 32.7 Å².